The van der Waals surface area contributed by atoms with Gasteiger partial charge in [-0.2, -0.15) is 0 Å². The Morgan fingerprint density at radius 3 is 2.64 bits per heavy atom. The van der Waals surface area contributed by atoms with Crippen molar-refractivity contribution < 1.29 is 4.74 Å². The Morgan fingerprint density at radius 2 is 2.00 bits per heavy atom. The van der Waals surface area contributed by atoms with Gasteiger partial charge in [0, 0.05) is 0 Å². The molecule has 1 aliphatic rings. The molecule has 1 aromatic rings. The smallest absolute Gasteiger partial charge is 0.0717 e. The molecule has 0 bridgehead atoms. The highest BCUT2D eigenvalue weighted by Crippen LogP contribution is 2.41. The maximum absolute atomic E-state index is 5.68. The van der Waals surface area contributed by atoms with E-state index in [0.717, 1.165) is 25.0 Å². The minimum Gasteiger partial charge on any atom is -0.376 e. The summed E-state index contributed by atoms with van der Waals surface area (Å²) in [5.74, 6) is 1.80. The van der Waals surface area contributed by atoms with Crippen LogP contribution in [-0.4, -0.2) is 6.61 Å². The maximum Gasteiger partial charge on any atom is 0.0717 e. The number of benzene rings is 1. The van der Waals surface area contributed by atoms with Crippen molar-refractivity contribution in [3.05, 3.63) is 35.9 Å². The van der Waals surface area contributed by atoms with Crippen LogP contribution in [0.2, 0.25) is 0 Å². The molecule has 0 unspecified atom stereocenters. The third-order valence-electron chi connectivity index (χ3n) is 3.04. The predicted octanol–water partition coefficient (Wildman–Crippen LogP) is 3.25. The fourth-order valence-electron chi connectivity index (χ4n) is 1.92. The van der Waals surface area contributed by atoms with E-state index < -0.39 is 0 Å². The van der Waals surface area contributed by atoms with E-state index in [1.54, 1.807) is 0 Å². The van der Waals surface area contributed by atoms with Crippen LogP contribution in [0.1, 0.15) is 25.3 Å². The maximum atomic E-state index is 5.68. The van der Waals surface area contributed by atoms with Crippen molar-refractivity contribution in [3.63, 3.8) is 0 Å². The van der Waals surface area contributed by atoms with Crippen LogP contribution in [0.15, 0.2) is 30.3 Å². The minimum absolute atomic E-state index is 0.772. The average molecular weight is 190 g/mol. The van der Waals surface area contributed by atoms with Crippen molar-refractivity contribution in [2.24, 2.45) is 11.8 Å². The Balaban J connectivity index is 1.64. The first-order valence-corrected chi connectivity index (χ1v) is 5.52. The molecule has 1 aliphatic carbocycles. The molecule has 0 saturated heterocycles. The topological polar surface area (TPSA) is 9.23 Å². The number of ether oxygens (including phenoxy) is 1. The fourth-order valence-corrected chi connectivity index (χ4v) is 1.92. The van der Waals surface area contributed by atoms with Gasteiger partial charge in [-0.05, 0) is 23.8 Å². The molecule has 0 aromatic heterocycles. The second-order valence-electron chi connectivity index (χ2n) is 4.16. The lowest BCUT2D eigenvalue weighted by Gasteiger charge is -2.03. The van der Waals surface area contributed by atoms with Crippen molar-refractivity contribution in [1.29, 1.82) is 0 Å². The molecule has 1 aromatic carbocycles. The molecule has 0 heterocycles. The summed E-state index contributed by atoms with van der Waals surface area (Å²) in [5, 5.41) is 0. The van der Waals surface area contributed by atoms with Crippen LogP contribution in [0.4, 0.5) is 0 Å². The summed E-state index contributed by atoms with van der Waals surface area (Å²) >= 11 is 0. The van der Waals surface area contributed by atoms with Crippen LogP contribution < -0.4 is 0 Å². The van der Waals surface area contributed by atoms with Gasteiger partial charge < -0.3 is 4.74 Å². The highest BCUT2D eigenvalue weighted by Gasteiger charge is 2.34. The van der Waals surface area contributed by atoms with Crippen LogP contribution in [0, 0.1) is 11.8 Å². The van der Waals surface area contributed by atoms with Crippen LogP contribution >= 0.6 is 0 Å². The van der Waals surface area contributed by atoms with E-state index in [-0.39, 0.29) is 0 Å². The van der Waals surface area contributed by atoms with Gasteiger partial charge in [0.2, 0.25) is 0 Å². The van der Waals surface area contributed by atoms with Gasteiger partial charge in [-0.1, -0.05) is 43.7 Å². The quantitative estimate of drug-likeness (QED) is 0.692. The molecule has 1 saturated carbocycles. The van der Waals surface area contributed by atoms with Crippen molar-refractivity contribution in [1.82, 2.24) is 0 Å². The van der Waals surface area contributed by atoms with Crippen molar-refractivity contribution >= 4 is 0 Å². The number of hydrogen-bond donors (Lipinski definition) is 0. The van der Waals surface area contributed by atoms with Gasteiger partial charge in [0.25, 0.3) is 0 Å². The SMILES string of the molecule is CC[C@@H]1C[C@H]1COCc1ccccc1. The van der Waals surface area contributed by atoms with Crippen LogP contribution in [0.3, 0.4) is 0 Å². The van der Waals surface area contributed by atoms with Crippen molar-refractivity contribution in [3.8, 4) is 0 Å². The molecule has 2 atom stereocenters. The van der Waals surface area contributed by atoms with E-state index in [1.165, 1.54) is 18.4 Å². The summed E-state index contributed by atoms with van der Waals surface area (Å²) in [5.41, 5.74) is 1.28. The third kappa shape index (κ3) is 2.58. The van der Waals surface area contributed by atoms with Gasteiger partial charge in [0.15, 0.2) is 0 Å². The molecule has 14 heavy (non-hydrogen) atoms. The predicted molar refractivity (Wildman–Crippen MR) is 58.0 cm³/mol. The summed E-state index contributed by atoms with van der Waals surface area (Å²) in [6.45, 7) is 3.99. The highest BCUT2D eigenvalue weighted by atomic mass is 16.5. The Kier molecular flexibility index (Phi) is 3.20. The second-order valence-corrected chi connectivity index (χ2v) is 4.16. The van der Waals surface area contributed by atoms with E-state index in [1.807, 2.05) is 6.07 Å². The Bertz CT molecular complexity index is 268. The first kappa shape index (κ1) is 9.72. The molecular formula is C13H18O. The molecule has 0 amide bonds. The summed E-state index contributed by atoms with van der Waals surface area (Å²) in [6.07, 6.45) is 2.70. The molecule has 76 valence electrons. The first-order chi connectivity index (χ1) is 6.90. The zero-order valence-electron chi connectivity index (χ0n) is 8.78. The molecule has 0 spiro atoms. The zero-order chi connectivity index (χ0) is 9.80. The van der Waals surface area contributed by atoms with Gasteiger partial charge in [-0.3, -0.25) is 0 Å². The van der Waals surface area contributed by atoms with E-state index >= 15 is 0 Å². The molecule has 0 aliphatic heterocycles. The Hall–Kier alpha value is -0.820. The van der Waals surface area contributed by atoms with E-state index in [4.69, 9.17) is 4.74 Å². The molecule has 0 N–H and O–H groups in total. The van der Waals surface area contributed by atoms with Gasteiger partial charge in [-0.15, -0.1) is 0 Å². The van der Waals surface area contributed by atoms with Crippen LogP contribution in [-0.2, 0) is 11.3 Å². The first-order valence-electron chi connectivity index (χ1n) is 5.52. The van der Waals surface area contributed by atoms with E-state index in [0.29, 0.717) is 0 Å². The Morgan fingerprint density at radius 1 is 1.21 bits per heavy atom. The van der Waals surface area contributed by atoms with Gasteiger partial charge >= 0.3 is 0 Å². The third-order valence-corrected chi connectivity index (χ3v) is 3.04. The molecule has 1 heteroatoms. The van der Waals surface area contributed by atoms with Crippen LogP contribution in [0.5, 0.6) is 0 Å². The minimum atomic E-state index is 0.772. The van der Waals surface area contributed by atoms with Crippen molar-refractivity contribution in [2.75, 3.05) is 6.61 Å². The number of hydrogen-bond acceptors (Lipinski definition) is 1. The summed E-state index contributed by atoms with van der Waals surface area (Å²) in [7, 11) is 0. The summed E-state index contributed by atoms with van der Waals surface area (Å²) < 4.78 is 5.68. The molecular weight excluding hydrogens is 172 g/mol. The van der Waals surface area contributed by atoms with Crippen molar-refractivity contribution in [2.45, 2.75) is 26.4 Å². The van der Waals surface area contributed by atoms with E-state index in [9.17, 15) is 0 Å². The molecule has 0 radical (unpaired) electrons. The van der Waals surface area contributed by atoms with E-state index in [2.05, 4.69) is 31.2 Å². The molecule has 1 nitrogen and oxygen atoms in total. The number of rotatable bonds is 5. The standard InChI is InChI=1S/C13H18O/c1-2-12-8-13(12)10-14-9-11-6-4-3-5-7-11/h3-7,12-13H,2,8-10H2,1H3/t12-,13+/m1/s1. The second kappa shape index (κ2) is 4.61. The average Bonchev–Trinajstić information content (AvgIpc) is 2.98. The largest absolute Gasteiger partial charge is 0.376 e. The normalized spacial score (nSPS) is 24.9. The lowest BCUT2D eigenvalue weighted by atomic mass is 10.2. The summed E-state index contributed by atoms with van der Waals surface area (Å²) in [6, 6.07) is 10.4. The highest BCUT2D eigenvalue weighted by molar-refractivity contribution is 5.13. The van der Waals surface area contributed by atoms with Gasteiger partial charge in [0.05, 0.1) is 13.2 Å². The van der Waals surface area contributed by atoms with Gasteiger partial charge in [0.1, 0.15) is 0 Å². The van der Waals surface area contributed by atoms with Crippen LogP contribution in [0.25, 0.3) is 0 Å². The molecule has 2 rings (SSSR count). The zero-order valence-corrected chi connectivity index (χ0v) is 8.78. The lowest BCUT2D eigenvalue weighted by molar-refractivity contribution is 0.107. The Labute approximate surface area is 86.1 Å². The lowest BCUT2D eigenvalue weighted by Crippen LogP contribution is -1.98. The molecule has 1 fully saturated rings. The summed E-state index contributed by atoms with van der Waals surface area (Å²) in [4.78, 5) is 0. The monoisotopic (exact) mass is 190 g/mol. The van der Waals surface area contributed by atoms with Gasteiger partial charge in [-0.25, -0.2) is 0 Å². The fraction of sp³-hybridized carbons (Fsp3) is 0.538.